The third-order valence-electron chi connectivity index (χ3n) is 7.85. The number of piperidine rings is 1. The molecule has 2 N–H and O–H groups in total. The summed E-state index contributed by atoms with van der Waals surface area (Å²) in [7, 11) is 3.67. The molecule has 36 heavy (non-hydrogen) atoms. The molecular formula is C25H43N7O4. The van der Waals surface area contributed by atoms with Gasteiger partial charge in [0, 0.05) is 45.3 Å². The summed E-state index contributed by atoms with van der Waals surface area (Å²) in [6.07, 6.45) is 4.79. The topological polar surface area (TPSA) is 109 Å². The van der Waals surface area contributed by atoms with Crippen molar-refractivity contribution >= 4 is 23.8 Å². The van der Waals surface area contributed by atoms with E-state index in [4.69, 9.17) is 0 Å². The quantitative estimate of drug-likeness (QED) is 0.508. The number of rotatable bonds is 6. The van der Waals surface area contributed by atoms with Gasteiger partial charge in [0.05, 0.1) is 6.67 Å². The summed E-state index contributed by atoms with van der Waals surface area (Å²) in [6.45, 7) is 12.7. The second-order valence-electron chi connectivity index (χ2n) is 10.7. The Morgan fingerprint density at radius 1 is 1.06 bits per heavy atom. The van der Waals surface area contributed by atoms with Crippen LogP contribution in [0, 0.1) is 5.92 Å². The van der Waals surface area contributed by atoms with Gasteiger partial charge in [0.2, 0.25) is 11.8 Å². The van der Waals surface area contributed by atoms with Crippen molar-refractivity contribution in [1.29, 1.82) is 0 Å². The van der Waals surface area contributed by atoms with Gasteiger partial charge >= 0.3 is 6.03 Å². The summed E-state index contributed by atoms with van der Waals surface area (Å²) in [5.41, 5.74) is 2.92. The Hall–Kier alpha value is -2.66. The molecule has 0 aromatic rings. The molecule has 3 fully saturated rings. The highest BCUT2D eigenvalue weighted by Gasteiger charge is 2.47. The number of urea groups is 1. The lowest BCUT2D eigenvalue weighted by Crippen LogP contribution is -2.60. The van der Waals surface area contributed by atoms with Gasteiger partial charge in [-0.25, -0.2) is 10.2 Å². The molecule has 0 bridgehead atoms. The number of likely N-dealkylation sites (tertiary alicyclic amines) is 1. The lowest BCUT2D eigenvalue weighted by Gasteiger charge is -2.44. The van der Waals surface area contributed by atoms with Crippen LogP contribution in [0.25, 0.3) is 0 Å². The zero-order chi connectivity index (χ0) is 26.6. The number of amides is 5. The maximum atomic E-state index is 13.4. The highest BCUT2D eigenvalue weighted by molar-refractivity contribution is 5.91. The zero-order valence-electron chi connectivity index (χ0n) is 22.5. The number of nitrogens with one attached hydrogen (secondary N) is 2. The molecule has 0 aliphatic carbocycles. The van der Waals surface area contributed by atoms with Crippen LogP contribution in [0.1, 0.15) is 46.5 Å². The van der Waals surface area contributed by atoms with E-state index in [0.717, 1.165) is 32.2 Å². The van der Waals surface area contributed by atoms with Crippen LogP contribution in [0.5, 0.6) is 0 Å². The molecule has 3 rings (SSSR count). The Kier molecular flexibility index (Phi) is 8.99. The Morgan fingerprint density at radius 2 is 1.72 bits per heavy atom. The molecule has 3 aliphatic rings. The molecule has 2 atom stereocenters. The van der Waals surface area contributed by atoms with Crippen molar-refractivity contribution in [3.63, 3.8) is 0 Å². The van der Waals surface area contributed by atoms with Crippen molar-refractivity contribution in [3.8, 4) is 0 Å². The molecule has 3 heterocycles. The van der Waals surface area contributed by atoms with Crippen molar-refractivity contribution in [2.24, 2.45) is 5.92 Å². The number of carbonyl (C=O) groups excluding carboxylic acids is 4. The van der Waals surface area contributed by atoms with Gasteiger partial charge in [-0.1, -0.05) is 20.4 Å². The third kappa shape index (κ3) is 5.83. The number of hydrogen-bond donors (Lipinski definition) is 2. The van der Waals surface area contributed by atoms with Gasteiger partial charge in [0.1, 0.15) is 12.1 Å². The standard InChI is InChI=1S/C25H43N7O4/c1-7-20(33)31-16-25(28(5)17-31)10-14-30(15-11-25)24(36)29(6)21(18(2)3)22(34)27-19(4)23(35)32-13-9-8-12-26-32/h7,18-19,21,26H,1,8-17H2,2-6H3,(H,27,34). The van der Waals surface area contributed by atoms with Crippen LogP contribution < -0.4 is 10.7 Å². The molecule has 1 spiro atoms. The predicted octanol–water partition coefficient (Wildman–Crippen LogP) is 0.447. The smallest absolute Gasteiger partial charge is 0.320 e. The highest BCUT2D eigenvalue weighted by atomic mass is 16.2. The molecule has 11 nitrogen and oxygen atoms in total. The van der Waals surface area contributed by atoms with E-state index < -0.39 is 12.1 Å². The lowest BCUT2D eigenvalue weighted by molar-refractivity contribution is -0.140. The first kappa shape index (κ1) is 27.9. The number of likely N-dealkylation sites (N-methyl/N-ethyl adjacent to an activating group) is 2. The molecule has 3 aliphatic heterocycles. The van der Waals surface area contributed by atoms with E-state index >= 15 is 0 Å². The van der Waals surface area contributed by atoms with Crippen molar-refractivity contribution in [1.82, 2.24) is 35.4 Å². The van der Waals surface area contributed by atoms with E-state index in [9.17, 15) is 19.2 Å². The first-order valence-corrected chi connectivity index (χ1v) is 13.0. The SMILES string of the molecule is C=CC(=O)N1CN(C)C2(CCN(C(=O)N(C)C(C(=O)NC(C)C(=O)N3CCCCN3)C(C)C)CC2)C1. The molecule has 202 valence electrons. The largest absolute Gasteiger partial charge is 0.343 e. The fraction of sp³-hybridized carbons (Fsp3) is 0.760. The van der Waals surface area contributed by atoms with Crippen LogP contribution in [0.4, 0.5) is 4.79 Å². The number of nitrogens with zero attached hydrogens (tertiary/aromatic N) is 5. The van der Waals surface area contributed by atoms with E-state index in [1.54, 1.807) is 28.8 Å². The summed E-state index contributed by atoms with van der Waals surface area (Å²) >= 11 is 0. The van der Waals surface area contributed by atoms with Crippen LogP contribution >= 0.6 is 0 Å². The van der Waals surface area contributed by atoms with Gasteiger partial charge < -0.3 is 20.0 Å². The highest BCUT2D eigenvalue weighted by Crippen LogP contribution is 2.34. The van der Waals surface area contributed by atoms with E-state index in [0.29, 0.717) is 32.8 Å². The lowest BCUT2D eigenvalue weighted by atomic mass is 9.87. The second kappa shape index (κ2) is 11.6. The molecule has 3 saturated heterocycles. The van der Waals surface area contributed by atoms with Gasteiger partial charge in [0.25, 0.3) is 5.91 Å². The molecule has 0 aromatic heterocycles. The molecule has 0 radical (unpaired) electrons. The van der Waals surface area contributed by atoms with Crippen LogP contribution in [-0.4, -0.2) is 119 Å². The number of carbonyl (C=O) groups is 4. The van der Waals surface area contributed by atoms with Gasteiger partial charge in [-0.3, -0.25) is 24.3 Å². The molecule has 0 aromatic carbocycles. The average Bonchev–Trinajstić information content (AvgIpc) is 3.18. The minimum Gasteiger partial charge on any atom is -0.343 e. The van der Waals surface area contributed by atoms with Gasteiger partial charge in [-0.2, -0.15) is 0 Å². The van der Waals surface area contributed by atoms with Crippen LogP contribution in [0.3, 0.4) is 0 Å². The fourth-order valence-corrected chi connectivity index (χ4v) is 5.60. The van der Waals surface area contributed by atoms with E-state index in [1.807, 2.05) is 20.9 Å². The van der Waals surface area contributed by atoms with Crippen molar-refractivity contribution in [3.05, 3.63) is 12.7 Å². The number of hydrazine groups is 1. The molecule has 11 heteroatoms. The summed E-state index contributed by atoms with van der Waals surface area (Å²) < 4.78 is 0. The van der Waals surface area contributed by atoms with Gasteiger partial charge in [-0.15, -0.1) is 0 Å². The summed E-state index contributed by atoms with van der Waals surface area (Å²) in [5, 5.41) is 4.40. The van der Waals surface area contributed by atoms with Crippen molar-refractivity contribution < 1.29 is 19.2 Å². The first-order chi connectivity index (χ1) is 17.0. The minimum absolute atomic E-state index is 0.0773. The fourth-order valence-electron chi connectivity index (χ4n) is 5.60. The van der Waals surface area contributed by atoms with E-state index in [2.05, 4.69) is 22.2 Å². The summed E-state index contributed by atoms with van der Waals surface area (Å²) in [6, 6.07) is -1.59. The monoisotopic (exact) mass is 505 g/mol. The van der Waals surface area contributed by atoms with Crippen molar-refractivity contribution in [2.75, 3.05) is 53.5 Å². The molecule has 0 saturated carbocycles. The first-order valence-electron chi connectivity index (χ1n) is 13.0. The maximum Gasteiger partial charge on any atom is 0.320 e. The molecule has 2 unspecified atom stereocenters. The molecular weight excluding hydrogens is 462 g/mol. The Morgan fingerprint density at radius 3 is 2.28 bits per heavy atom. The van der Waals surface area contributed by atoms with Crippen LogP contribution in [0.15, 0.2) is 12.7 Å². The van der Waals surface area contributed by atoms with Gasteiger partial charge in [-0.05, 0) is 51.6 Å². The normalized spacial score (nSPS) is 21.9. The van der Waals surface area contributed by atoms with Crippen molar-refractivity contribution in [2.45, 2.75) is 64.1 Å². The predicted molar refractivity (Wildman–Crippen MR) is 136 cm³/mol. The van der Waals surface area contributed by atoms with Crippen LogP contribution in [0.2, 0.25) is 0 Å². The van der Waals surface area contributed by atoms with E-state index in [-0.39, 0.29) is 35.2 Å². The Bertz CT molecular complexity index is 849. The number of hydrogen-bond acceptors (Lipinski definition) is 6. The Balaban J connectivity index is 1.59. The third-order valence-corrected chi connectivity index (χ3v) is 7.85. The molecule has 5 amide bonds. The van der Waals surface area contributed by atoms with Crippen LogP contribution in [-0.2, 0) is 14.4 Å². The zero-order valence-corrected chi connectivity index (χ0v) is 22.5. The second-order valence-corrected chi connectivity index (χ2v) is 10.7. The minimum atomic E-state index is -0.701. The maximum absolute atomic E-state index is 13.4. The summed E-state index contributed by atoms with van der Waals surface area (Å²) in [5.74, 6) is -0.719. The van der Waals surface area contributed by atoms with E-state index in [1.165, 1.54) is 11.0 Å². The average molecular weight is 506 g/mol. The Labute approximate surface area is 214 Å². The van der Waals surface area contributed by atoms with Gasteiger partial charge in [0.15, 0.2) is 0 Å². The summed E-state index contributed by atoms with van der Waals surface area (Å²) in [4.78, 5) is 58.7.